The molecule has 0 unspecified atom stereocenters. The lowest BCUT2D eigenvalue weighted by molar-refractivity contribution is -0.127. The van der Waals surface area contributed by atoms with Gasteiger partial charge >= 0.3 is 0 Å². The highest BCUT2D eigenvalue weighted by Gasteiger charge is 2.30. The van der Waals surface area contributed by atoms with Crippen LogP contribution in [0.25, 0.3) is 0 Å². The van der Waals surface area contributed by atoms with Gasteiger partial charge in [-0.3, -0.25) is 24.1 Å². The second-order valence-corrected chi connectivity index (χ2v) is 7.29. The number of rotatable bonds is 6. The highest BCUT2D eigenvalue weighted by atomic mass is 32.2. The number of amides is 3. The second kappa shape index (κ2) is 8.35. The minimum absolute atomic E-state index is 0.0206. The Hall–Kier alpha value is -2.35. The summed E-state index contributed by atoms with van der Waals surface area (Å²) in [7, 11) is 0. The highest BCUT2D eigenvalue weighted by molar-refractivity contribution is 8.14. The van der Waals surface area contributed by atoms with Gasteiger partial charge < -0.3 is 10.2 Å². The molecule has 26 heavy (non-hydrogen) atoms. The minimum atomic E-state index is -0.238. The van der Waals surface area contributed by atoms with E-state index in [0.717, 1.165) is 49.7 Å². The van der Waals surface area contributed by atoms with Gasteiger partial charge in [-0.1, -0.05) is 11.8 Å². The smallest absolute Gasteiger partial charge is 0.288 e. The van der Waals surface area contributed by atoms with Crippen molar-refractivity contribution >= 4 is 40.8 Å². The summed E-state index contributed by atoms with van der Waals surface area (Å²) in [6.07, 6.45) is 2.32. The number of piperidine rings is 1. The van der Waals surface area contributed by atoms with Crippen molar-refractivity contribution in [2.24, 2.45) is 5.92 Å². The molecule has 8 heteroatoms. The van der Waals surface area contributed by atoms with Crippen molar-refractivity contribution in [3.63, 3.8) is 0 Å². The molecule has 1 aromatic rings. The Kier molecular flexibility index (Phi) is 5.92. The Labute approximate surface area is 156 Å². The van der Waals surface area contributed by atoms with E-state index >= 15 is 0 Å². The van der Waals surface area contributed by atoms with Crippen LogP contribution in [0.1, 0.15) is 23.2 Å². The number of thioether (sulfide) groups is 1. The molecule has 2 fully saturated rings. The Balaban J connectivity index is 1.42. The molecular formula is C18H21N3O4S. The van der Waals surface area contributed by atoms with E-state index in [4.69, 9.17) is 0 Å². The molecule has 1 aromatic carbocycles. The molecule has 3 rings (SSSR count). The quantitative estimate of drug-likeness (QED) is 0.759. The molecule has 138 valence electrons. The van der Waals surface area contributed by atoms with Crippen LogP contribution in [0.2, 0.25) is 0 Å². The van der Waals surface area contributed by atoms with Crippen molar-refractivity contribution < 1.29 is 19.2 Å². The predicted octanol–water partition coefficient (Wildman–Crippen LogP) is 1.53. The zero-order chi connectivity index (χ0) is 18.5. The molecule has 0 radical (unpaired) electrons. The van der Waals surface area contributed by atoms with E-state index in [-0.39, 0.29) is 35.3 Å². The number of anilines is 1. The van der Waals surface area contributed by atoms with Crippen LogP contribution in [0.5, 0.6) is 0 Å². The number of benzene rings is 1. The zero-order valence-corrected chi connectivity index (χ0v) is 15.2. The summed E-state index contributed by atoms with van der Waals surface area (Å²) in [6.45, 7) is 2.08. The van der Waals surface area contributed by atoms with Gasteiger partial charge in [0, 0.05) is 43.3 Å². The van der Waals surface area contributed by atoms with Crippen LogP contribution in [0.4, 0.5) is 10.5 Å². The second-order valence-electron chi connectivity index (χ2n) is 6.36. The first-order chi connectivity index (χ1) is 12.6. The summed E-state index contributed by atoms with van der Waals surface area (Å²) in [5.41, 5.74) is 1.70. The Morgan fingerprint density at radius 3 is 2.46 bits per heavy atom. The van der Waals surface area contributed by atoms with E-state index in [9.17, 15) is 19.2 Å². The van der Waals surface area contributed by atoms with Crippen molar-refractivity contribution in [3.05, 3.63) is 29.8 Å². The van der Waals surface area contributed by atoms with Crippen LogP contribution in [0.15, 0.2) is 24.3 Å². The Morgan fingerprint density at radius 1 is 1.19 bits per heavy atom. The largest absolute Gasteiger partial charge is 0.371 e. The third-order valence-electron chi connectivity index (χ3n) is 4.74. The number of hydrogen-bond donors (Lipinski definition) is 1. The normalized spacial score (nSPS) is 18.3. The van der Waals surface area contributed by atoms with Gasteiger partial charge in [-0.05, 0) is 37.1 Å². The van der Waals surface area contributed by atoms with Crippen LogP contribution in [0, 0.1) is 5.92 Å². The topological polar surface area (TPSA) is 86.8 Å². The SMILES string of the molecule is O=Cc1ccc(N2CCC(C(=O)NCCN3C(=O)CSC3=O)CC2)cc1. The van der Waals surface area contributed by atoms with Gasteiger partial charge in [0.1, 0.15) is 6.29 Å². The number of imide groups is 1. The van der Waals surface area contributed by atoms with Crippen LogP contribution in [-0.2, 0) is 9.59 Å². The summed E-state index contributed by atoms with van der Waals surface area (Å²) >= 11 is 1.00. The first-order valence-corrected chi connectivity index (χ1v) is 9.62. The summed E-state index contributed by atoms with van der Waals surface area (Å²) < 4.78 is 0. The fourth-order valence-corrected chi connectivity index (χ4v) is 3.95. The van der Waals surface area contributed by atoms with Gasteiger partial charge in [0.05, 0.1) is 5.75 Å². The standard InChI is InChI=1S/C18H21N3O4S/c22-11-13-1-3-15(4-2-13)20-8-5-14(6-9-20)17(24)19-7-10-21-16(23)12-26-18(21)25/h1-4,11,14H,5-10,12H2,(H,19,24). The molecule has 0 atom stereocenters. The molecule has 0 saturated carbocycles. The van der Waals surface area contributed by atoms with Gasteiger partial charge in [-0.2, -0.15) is 0 Å². The minimum Gasteiger partial charge on any atom is -0.371 e. The number of aldehydes is 1. The van der Waals surface area contributed by atoms with E-state index in [1.54, 1.807) is 12.1 Å². The van der Waals surface area contributed by atoms with Crippen molar-refractivity contribution in [3.8, 4) is 0 Å². The highest BCUT2D eigenvalue weighted by Crippen LogP contribution is 2.23. The van der Waals surface area contributed by atoms with Crippen LogP contribution < -0.4 is 10.2 Å². The maximum atomic E-state index is 12.3. The molecule has 0 aliphatic carbocycles. The van der Waals surface area contributed by atoms with Gasteiger partial charge in [0.25, 0.3) is 5.24 Å². The first-order valence-electron chi connectivity index (χ1n) is 8.63. The van der Waals surface area contributed by atoms with E-state index in [1.165, 1.54) is 4.90 Å². The molecule has 2 aliphatic rings. The maximum absolute atomic E-state index is 12.3. The maximum Gasteiger partial charge on any atom is 0.288 e. The number of nitrogens with zero attached hydrogens (tertiary/aromatic N) is 2. The number of nitrogens with one attached hydrogen (secondary N) is 1. The van der Waals surface area contributed by atoms with E-state index in [0.29, 0.717) is 12.1 Å². The van der Waals surface area contributed by atoms with E-state index in [2.05, 4.69) is 10.2 Å². The number of carbonyl (C=O) groups excluding carboxylic acids is 4. The molecule has 7 nitrogen and oxygen atoms in total. The molecule has 0 spiro atoms. The third kappa shape index (κ3) is 4.24. The molecule has 2 saturated heterocycles. The molecule has 1 N–H and O–H groups in total. The average Bonchev–Trinajstić information content (AvgIpc) is 3.00. The van der Waals surface area contributed by atoms with Crippen molar-refractivity contribution in [1.29, 1.82) is 0 Å². The molecular weight excluding hydrogens is 354 g/mol. The molecule has 0 aromatic heterocycles. The van der Waals surface area contributed by atoms with Crippen LogP contribution in [0.3, 0.4) is 0 Å². The number of hydrogen-bond acceptors (Lipinski definition) is 6. The summed E-state index contributed by atoms with van der Waals surface area (Å²) in [6, 6.07) is 7.43. The Bertz CT molecular complexity index is 683. The molecule has 2 heterocycles. The van der Waals surface area contributed by atoms with Gasteiger partial charge in [0.15, 0.2) is 0 Å². The monoisotopic (exact) mass is 375 g/mol. The van der Waals surface area contributed by atoms with Gasteiger partial charge in [-0.15, -0.1) is 0 Å². The summed E-state index contributed by atoms with van der Waals surface area (Å²) in [4.78, 5) is 49.4. The zero-order valence-electron chi connectivity index (χ0n) is 14.3. The third-order valence-corrected chi connectivity index (χ3v) is 5.59. The van der Waals surface area contributed by atoms with Crippen molar-refractivity contribution in [2.75, 3.05) is 36.8 Å². The van der Waals surface area contributed by atoms with Crippen LogP contribution >= 0.6 is 11.8 Å². The van der Waals surface area contributed by atoms with Crippen molar-refractivity contribution in [2.45, 2.75) is 12.8 Å². The molecule has 3 amide bonds. The summed E-state index contributed by atoms with van der Waals surface area (Å²) in [5, 5.41) is 2.60. The fraction of sp³-hybridized carbons (Fsp3) is 0.444. The van der Waals surface area contributed by atoms with E-state index in [1.807, 2.05) is 12.1 Å². The van der Waals surface area contributed by atoms with Crippen molar-refractivity contribution in [1.82, 2.24) is 10.2 Å². The molecule has 2 aliphatic heterocycles. The molecule has 0 bridgehead atoms. The fourth-order valence-electron chi connectivity index (χ4n) is 3.20. The summed E-state index contributed by atoms with van der Waals surface area (Å²) in [5.74, 6) is -0.0743. The predicted molar refractivity (Wildman–Crippen MR) is 99.3 cm³/mol. The lowest BCUT2D eigenvalue weighted by Crippen LogP contribution is -2.43. The van der Waals surface area contributed by atoms with Gasteiger partial charge in [-0.25, -0.2) is 0 Å². The van der Waals surface area contributed by atoms with Gasteiger partial charge in [0.2, 0.25) is 11.8 Å². The van der Waals surface area contributed by atoms with E-state index < -0.39 is 0 Å². The van der Waals surface area contributed by atoms with Crippen LogP contribution in [-0.4, -0.2) is 60.2 Å². The Morgan fingerprint density at radius 2 is 1.88 bits per heavy atom. The lowest BCUT2D eigenvalue weighted by atomic mass is 9.95. The number of carbonyl (C=O) groups is 4. The average molecular weight is 375 g/mol. The lowest BCUT2D eigenvalue weighted by Gasteiger charge is -2.33. The first kappa shape index (κ1) is 18.4.